The smallest absolute Gasteiger partial charge is 0.196 e. The van der Waals surface area contributed by atoms with Gasteiger partial charge in [0.15, 0.2) is 23.3 Å². The molecule has 3 heterocycles. The first-order valence-corrected chi connectivity index (χ1v) is 12.2. The summed E-state index contributed by atoms with van der Waals surface area (Å²) < 4.78 is 49.6. The van der Waals surface area contributed by atoms with Gasteiger partial charge in [0.05, 0.1) is 41.6 Å². The number of imidazole rings is 1. The topological polar surface area (TPSA) is 63.9 Å². The highest BCUT2D eigenvalue weighted by Crippen LogP contribution is 2.39. The van der Waals surface area contributed by atoms with E-state index in [0.717, 1.165) is 23.5 Å². The van der Waals surface area contributed by atoms with Crippen molar-refractivity contribution in [2.45, 2.75) is 38.8 Å². The molecule has 0 saturated heterocycles. The number of hydrogen-bond acceptors (Lipinski definition) is 6. The molecule has 3 aromatic rings. The Morgan fingerprint density at radius 1 is 1.16 bits per heavy atom. The fraction of sp³-hybridized carbons (Fsp3) is 0.259. The lowest BCUT2D eigenvalue weighted by Gasteiger charge is -2.34. The Morgan fingerprint density at radius 2 is 1.89 bits per heavy atom. The van der Waals surface area contributed by atoms with Gasteiger partial charge in [-0.1, -0.05) is 16.8 Å². The molecule has 2 aliphatic heterocycles. The molecule has 5 rings (SSSR count). The van der Waals surface area contributed by atoms with Gasteiger partial charge in [0.2, 0.25) is 0 Å². The maximum atomic E-state index is 14.2. The molecule has 1 aromatic heterocycles. The number of amidine groups is 1. The predicted octanol–water partition coefficient (Wildman–Crippen LogP) is 6.55. The van der Waals surface area contributed by atoms with E-state index in [1.165, 1.54) is 0 Å². The van der Waals surface area contributed by atoms with Crippen LogP contribution >= 0.6 is 11.6 Å². The number of nitrogens with zero attached hydrogens (tertiary/aromatic N) is 4. The molecule has 0 aliphatic carbocycles. The maximum absolute atomic E-state index is 14.2. The second kappa shape index (κ2) is 9.75. The first-order chi connectivity index (χ1) is 18.0. The molecule has 2 aliphatic rings. The van der Waals surface area contributed by atoms with E-state index in [4.69, 9.17) is 21.2 Å². The number of rotatable bonds is 5. The van der Waals surface area contributed by atoms with E-state index < -0.39 is 29.1 Å². The molecule has 0 saturated carbocycles. The van der Waals surface area contributed by atoms with Gasteiger partial charge in [0, 0.05) is 30.6 Å². The average Bonchev–Trinajstić information content (AvgIpc) is 3.24. The molecule has 38 heavy (non-hydrogen) atoms. The van der Waals surface area contributed by atoms with Gasteiger partial charge >= 0.3 is 0 Å². The quantitative estimate of drug-likeness (QED) is 0.370. The van der Waals surface area contributed by atoms with E-state index >= 15 is 0 Å². The van der Waals surface area contributed by atoms with Crippen molar-refractivity contribution in [2.75, 3.05) is 12.4 Å². The zero-order valence-electron chi connectivity index (χ0n) is 21.1. The number of halogens is 4. The Balaban J connectivity index is 1.52. The van der Waals surface area contributed by atoms with Crippen molar-refractivity contribution in [2.24, 2.45) is 5.16 Å². The summed E-state index contributed by atoms with van der Waals surface area (Å²) >= 11 is 6.49. The molecule has 2 aromatic carbocycles. The van der Waals surface area contributed by atoms with Crippen LogP contribution < -0.4 is 10.1 Å². The third-order valence-electron chi connectivity index (χ3n) is 6.27. The van der Waals surface area contributed by atoms with Crippen molar-refractivity contribution >= 4 is 23.1 Å². The molecule has 0 radical (unpaired) electrons. The number of anilines is 1. The molecule has 11 heteroatoms. The standard InChI is InChI=1S/C27H25ClF3N5O2/c1-15-12-35(14-32-15)22-6-5-18(10-24(22)37-4)33-21-9-17(28)13-36-23(11-27(2,3)38-34-26(21)36)16-7-19(29)25(31)20(30)8-16/h5-10,12-14,23,33H,11H2,1-4H3. The number of benzene rings is 2. The fourth-order valence-electron chi connectivity index (χ4n) is 4.49. The number of methoxy groups -OCH3 is 1. The van der Waals surface area contributed by atoms with Crippen molar-refractivity contribution in [3.05, 3.63) is 94.6 Å². The van der Waals surface area contributed by atoms with Crippen LogP contribution in [0.5, 0.6) is 5.75 Å². The summed E-state index contributed by atoms with van der Waals surface area (Å²) in [6.07, 6.45) is 7.14. The number of hydrogen-bond donors (Lipinski definition) is 1. The van der Waals surface area contributed by atoms with Crippen molar-refractivity contribution < 1.29 is 22.7 Å². The minimum atomic E-state index is -1.52. The molecule has 0 bridgehead atoms. The summed E-state index contributed by atoms with van der Waals surface area (Å²) in [7, 11) is 1.57. The van der Waals surface area contributed by atoms with Crippen LogP contribution in [-0.4, -0.2) is 33.0 Å². The minimum Gasteiger partial charge on any atom is -0.494 e. The number of fused-ring (bicyclic) bond motifs is 1. The van der Waals surface area contributed by atoms with Crippen molar-refractivity contribution in [1.29, 1.82) is 0 Å². The van der Waals surface area contributed by atoms with Crippen LogP contribution in [-0.2, 0) is 4.84 Å². The monoisotopic (exact) mass is 543 g/mol. The van der Waals surface area contributed by atoms with Gasteiger partial charge < -0.3 is 24.4 Å². The molecule has 0 fully saturated rings. The SMILES string of the molecule is COc1cc(NC2=CC(Cl)=CN3C2=NOC(C)(C)CC3c2cc(F)c(F)c(F)c2)ccc1-n1cnc(C)c1. The van der Waals surface area contributed by atoms with Gasteiger partial charge in [-0.3, -0.25) is 0 Å². The Morgan fingerprint density at radius 3 is 2.55 bits per heavy atom. The summed E-state index contributed by atoms with van der Waals surface area (Å²) in [4.78, 5) is 11.8. The Hall–Kier alpha value is -3.92. The second-order valence-corrected chi connectivity index (χ2v) is 10.1. The summed E-state index contributed by atoms with van der Waals surface area (Å²) in [5.74, 6) is -3.14. The Bertz CT molecular complexity index is 1470. The van der Waals surface area contributed by atoms with Crippen LogP contribution in [0.25, 0.3) is 5.69 Å². The third-order valence-corrected chi connectivity index (χ3v) is 6.48. The van der Waals surface area contributed by atoms with Gasteiger partial charge in [-0.2, -0.15) is 0 Å². The van der Waals surface area contributed by atoms with Gasteiger partial charge in [-0.15, -0.1) is 0 Å². The number of allylic oxidation sites excluding steroid dienone is 2. The van der Waals surface area contributed by atoms with Gasteiger partial charge in [0.1, 0.15) is 11.4 Å². The Kier molecular flexibility index (Phi) is 6.60. The first kappa shape index (κ1) is 25.7. The number of aromatic nitrogens is 2. The summed E-state index contributed by atoms with van der Waals surface area (Å²) in [5, 5.41) is 8.00. The lowest BCUT2D eigenvalue weighted by Crippen LogP contribution is -2.36. The van der Waals surface area contributed by atoms with E-state index in [9.17, 15) is 13.2 Å². The molecular formula is C27H25ClF3N5O2. The first-order valence-electron chi connectivity index (χ1n) is 11.8. The lowest BCUT2D eigenvalue weighted by atomic mass is 9.92. The number of ether oxygens (including phenoxy) is 1. The normalized spacial score (nSPS) is 18.5. The number of nitrogens with one attached hydrogen (secondary N) is 1. The van der Waals surface area contributed by atoms with E-state index in [-0.39, 0.29) is 12.0 Å². The molecule has 0 amide bonds. The Labute approximate surface area is 222 Å². The molecule has 198 valence electrons. The van der Waals surface area contributed by atoms with Crippen LogP contribution in [0, 0.1) is 24.4 Å². The average molecular weight is 544 g/mol. The van der Waals surface area contributed by atoms with E-state index in [0.29, 0.717) is 28.0 Å². The predicted molar refractivity (Wildman–Crippen MR) is 139 cm³/mol. The molecule has 1 unspecified atom stereocenters. The molecule has 1 atom stereocenters. The largest absolute Gasteiger partial charge is 0.494 e. The van der Waals surface area contributed by atoms with Crippen molar-refractivity contribution in [1.82, 2.24) is 14.5 Å². The van der Waals surface area contributed by atoms with Crippen LogP contribution in [0.1, 0.15) is 37.6 Å². The maximum Gasteiger partial charge on any atom is 0.196 e. The summed E-state index contributed by atoms with van der Waals surface area (Å²) in [5.41, 5.74) is 2.23. The highest BCUT2D eigenvalue weighted by molar-refractivity contribution is 6.32. The summed E-state index contributed by atoms with van der Waals surface area (Å²) in [6, 6.07) is 6.85. The van der Waals surface area contributed by atoms with Crippen LogP contribution in [0.15, 0.2) is 71.0 Å². The van der Waals surface area contributed by atoms with Gasteiger partial charge in [-0.05, 0) is 56.7 Å². The molecule has 0 spiro atoms. The minimum absolute atomic E-state index is 0.219. The molecule has 1 N–H and O–H groups in total. The van der Waals surface area contributed by atoms with Crippen LogP contribution in [0.2, 0.25) is 0 Å². The van der Waals surface area contributed by atoms with E-state index in [1.54, 1.807) is 30.6 Å². The number of aryl methyl sites for hydroxylation is 1. The molecular weight excluding hydrogens is 519 g/mol. The highest BCUT2D eigenvalue weighted by Gasteiger charge is 2.38. The van der Waals surface area contributed by atoms with Crippen LogP contribution in [0.4, 0.5) is 18.9 Å². The van der Waals surface area contributed by atoms with E-state index in [1.807, 2.05) is 49.7 Å². The van der Waals surface area contributed by atoms with Gasteiger partial charge in [0.25, 0.3) is 0 Å². The lowest BCUT2D eigenvalue weighted by molar-refractivity contribution is -0.0220. The second-order valence-electron chi connectivity index (χ2n) is 9.70. The van der Waals surface area contributed by atoms with Crippen LogP contribution in [0.3, 0.4) is 0 Å². The zero-order valence-corrected chi connectivity index (χ0v) is 21.9. The fourth-order valence-corrected chi connectivity index (χ4v) is 4.70. The third kappa shape index (κ3) is 4.96. The van der Waals surface area contributed by atoms with Crippen molar-refractivity contribution in [3.63, 3.8) is 0 Å². The van der Waals surface area contributed by atoms with E-state index in [2.05, 4.69) is 15.5 Å². The molecule has 7 nitrogen and oxygen atoms in total. The summed E-state index contributed by atoms with van der Waals surface area (Å²) in [6.45, 7) is 5.51. The number of oxime groups is 1. The van der Waals surface area contributed by atoms with Crippen molar-refractivity contribution in [3.8, 4) is 11.4 Å². The van der Waals surface area contributed by atoms with Gasteiger partial charge in [-0.25, -0.2) is 18.2 Å². The highest BCUT2D eigenvalue weighted by atomic mass is 35.5. The zero-order chi connectivity index (χ0) is 27.2.